The fraction of sp³-hybridized carbons (Fsp3) is 0.294. The minimum absolute atomic E-state index is 0.246. The minimum Gasteiger partial charge on any atom is -0.373 e. The van der Waals surface area contributed by atoms with Crippen LogP contribution in [0.5, 0.6) is 0 Å². The second-order valence-corrected chi connectivity index (χ2v) is 7.63. The molecule has 0 fully saturated rings. The predicted octanol–water partition coefficient (Wildman–Crippen LogP) is 3.64. The van der Waals surface area contributed by atoms with Crippen LogP contribution in [0.2, 0.25) is 0 Å². The molecule has 0 spiro atoms. The number of benzene rings is 2. The molecule has 2 rings (SSSR count). The Morgan fingerprint density at radius 1 is 0.833 bits per heavy atom. The SMILES string of the molecule is CCO[Si](OC)(OCC)c1ccc(-c2cc(F)c(F)c(F)c2)cc1. The first kappa shape index (κ1) is 18.7. The van der Waals surface area contributed by atoms with Gasteiger partial charge in [-0.15, -0.1) is 0 Å². The van der Waals surface area contributed by atoms with Crippen LogP contribution < -0.4 is 5.19 Å². The highest BCUT2D eigenvalue weighted by atomic mass is 28.4. The second-order valence-electron chi connectivity index (χ2n) is 4.96. The van der Waals surface area contributed by atoms with Crippen LogP contribution in [-0.2, 0) is 13.3 Å². The van der Waals surface area contributed by atoms with Gasteiger partial charge in [-0.2, -0.15) is 0 Å². The van der Waals surface area contributed by atoms with Gasteiger partial charge in [0.25, 0.3) is 0 Å². The molecule has 0 aliphatic carbocycles. The fourth-order valence-corrected chi connectivity index (χ4v) is 4.64. The van der Waals surface area contributed by atoms with Gasteiger partial charge < -0.3 is 13.3 Å². The van der Waals surface area contributed by atoms with Crippen molar-refractivity contribution in [3.8, 4) is 11.1 Å². The molecule has 0 aliphatic rings. The summed E-state index contributed by atoms with van der Waals surface area (Å²) in [6, 6.07) is 8.71. The molecule has 0 unspecified atom stereocenters. The van der Waals surface area contributed by atoms with Gasteiger partial charge in [0.1, 0.15) is 0 Å². The van der Waals surface area contributed by atoms with E-state index in [1.54, 1.807) is 24.3 Å². The zero-order valence-electron chi connectivity index (χ0n) is 13.7. The maximum absolute atomic E-state index is 13.4. The molecule has 2 aromatic carbocycles. The Kier molecular flexibility index (Phi) is 6.17. The Hall–Kier alpha value is -1.67. The van der Waals surface area contributed by atoms with Crippen molar-refractivity contribution in [2.75, 3.05) is 20.3 Å². The van der Waals surface area contributed by atoms with Crippen molar-refractivity contribution in [2.45, 2.75) is 13.8 Å². The molecule has 0 heterocycles. The Balaban J connectivity index is 2.39. The Morgan fingerprint density at radius 3 is 1.75 bits per heavy atom. The Bertz CT molecular complexity index is 663. The van der Waals surface area contributed by atoms with Gasteiger partial charge in [-0.05, 0) is 37.1 Å². The molecule has 0 amide bonds. The number of hydrogen-bond acceptors (Lipinski definition) is 3. The standard InChI is InChI=1S/C17H19F3O3Si/c1-4-22-24(21-3,23-5-2)14-8-6-12(7-9-14)13-10-15(18)17(20)16(19)11-13/h6-11H,4-5H2,1-3H3. The van der Waals surface area contributed by atoms with E-state index in [1.165, 1.54) is 7.11 Å². The molecule has 0 radical (unpaired) electrons. The number of hydrogen-bond donors (Lipinski definition) is 0. The van der Waals surface area contributed by atoms with E-state index in [0.29, 0.717) is 18.8 Å². The van der Waals surface area contributed by atoms with Crippen molar-refractivity contribution >= 4 is 14.0 Å². The van der Waals surface area contributed by atoms with Gasteiger partial charge in [-0.25, -0.2) is 13.2 Å². The summed E-state index contributed by atoms with van der Waals surface area (Å²) >= 11 is 0. The largest absolute Gasteiger partial charge is 0.536 e. The summed E-state index contributed by atoms with van der Waals surface area (Å²) in [5.74, 6) is -3.93. The van der Waals surface area contributed by atoms with Crippen molar-refractivity contribution in [1.82, 2.24) is 0 Å². The van der Waals surface area contributed by atoms with Gasteiger partial charge >= 0.3 is 8.80 Å². The zero-order chi connectivity index (χ0) is 17.7. The number of halogens is 3. The first-order valence-corrected chi connectivity index (χ1v) is 9.28. The lowest BCUT2D eigenvalue weighted by molar-refractivity contribution is 0.102. The van der Waals surface area contributed by atoms with Gasteiger partial charge in [-0.1, -0.05) is 24.3 Å². The molecule has 0 aliphatic heterocycles. The third kappa shape index (κ3) is 3.70. The average Bonchev–Trinajstić information content (AvgIpc) is 2.59. The van der Waals surface area contributed by atoms with Gasteiger partial charge in [0, 0.05) is 25.5 Å². The van der Waals surface area contributed by atoms with Crippen LogP contribution >= 0.6 is 0 Å². The quantitative estimate of drug-likeness (QED) is 0.560. The minimum atomic E-state index is -3.01. The maximum Gasteiger partial charge on any atom is 0.536 e. The highest BCUT2D eigenvalue weighted by Crippen LogP contribution is 2.24. The van der Waals surface area contributed by atoms with Gasteiger partial charge in [0.2, 0.25) is 0 Å². The molecule has 0 saturated heterocycles. The van der Waals surface area contributed by atoms with E-state index < -0.39 is 26.3 Å². The molecule has 7 heteroatoms. The average molecular weight is 356 g/mol. The van der Waals surface area contributed by atoms with Crippen LogP contribution in [0.1, 0.15) is 13.8 Å². The van der Waals surface area contributed by atoms with Crippen LogP contribution in [0.4, 0.5) is 13.2 Å². The van der Waals surface area contributed by atoms with Gasteiger partial charge in [-0.3, -0.25) is 0 Å². The normalized spacial score (nSPS) is 11.8. The van der Waals surface area contributed by atoms with E-state index in [2.05, 4.69) is 0 Å². The summed E-state index contributed by atoms with van der Waals surface area (Å²) in [4.78, 5) is 0. The van der Waals surface area contributed by atoms with Gasteiger partial charge in [0.05, 0.1) is 0 Å². The lowest BCUT2D eigenvalue weighted by atomic mass is 10.1. The Morgan fingerprint density at radius 2 is 1.33 bits per heavy atom. The fourth-order valence-electron chi connectivity index (χ4n) is 2.41. The molecule has 0 N–H and O–H groups in total. The first-order valence-electron chi connectivity index (χ1n) is 7.56. The Labute approximate surface area is 140 Å². The van der Waals surface area contributed by atoms with Crippen molar-refractivity contribution in [3.05, 3.63) is 53.8 Å². The third-order valence-corrected chi connectivity index (χ3v) is 6.41. The summed E-state index contributed by atoms with van der Waals surface area (Å²) in [5, 5.41) is 0.737. The molecule has 24 heavy (non-hydrogen) atoms. The van der Waals surface area contributed by atoms with Crippen molar-refractivity contribution in [2.24, 2.45) is 0 Å². The molecule has 3 nitrogen and oxygen atoms in total. The van der Waals surface area contributed by atoms with Crippen LogP contribution in [0.3, 0.4) is 0 Å². The summed E-state index contributed by atoms with van der Waals surface area (Å²) in [7, 11) is -1.48. The van der Waals surface area contributed by atoms with Crippen molar-refractivity contribution in [1.29, 1.82) is 0 Å². The van der Waals surface area contributed by atoms with E-state index >= 15 is 0 Å². The zero-order valence-corrected chi connectivity index (χ0v) is 14.7. The molecular formula is C17H19F3O3Si. The first-order chi connectivity index (χ1) is 11.5. The maximum atomic E-state index is 13.4. The van der Waals surface area contributed by atoms with Crippen LogP contribution in [0.15, 0.2) is 36.4 Å². The predicted molar refractivity (Wildman–Crippen MR) is 87.4 cm³/mol. The topological polar surface area (TPSA) is 27.7 Å². The lowest BCUT2D eigenvalue weighted by Gasteiger charge is -2.27. The summed E-state index contributed by atoms with van der Waals surface area (Å²) < 4.78 is 56.8. The third-order valence-electron chi connectivity index (χ3n) is 3.49. The van der Waals surface area contributed by atoms with Crippen LogP contribution in [-0.4, -0.2) is 29.1 Å². The molecule has 0 aromatic heterocycles. The van der Waals surface area contributed by atoms with Crippen LogP contribution in [0, 0.1) is 17.5 Å². The molecular weight excluding hydrogens is 337 g/mol. The lowest BCUT2D eigenvalue weighted by Crippen LogP contribution is -2.56. The molecule has 2 aromatic rings. The molecule has 0 saturated carbocycles. The molecule has 0 bridgehead atoms. The van der Waals surface area contributed by atoms with Gasteiger partial charge in [0.15, 0.2) is 17.5 Å². The smallest absolute Gasteiger partial charge is 0.373 e. The summed E-state index contributed by atoms with van der Waals surface area (Å²) in [5.41, 5.74) is 0.791. The van der Waals surface area contributed by atoms with E-state index in [4.69, 9.17) is 13.3 Å². The van der Waals surface area contributed by atoms with E-state index in [9.17, 15) is 13.2 Å². The van der Waals surface area contributed by atoms with E-state index in [1.807, 2.05) is 13.8 Å². The van der Waals surface area contributed by atoms with E-state index in [-0.39, 0.29) is 5.56 Å². The molecule has 0 atom stereocenters. The summed E-state index contributed by atoms with van der Waals surface area (Å²) in [6.07, 6.45) is 0. The molecule has 130 valence electrons. The van der Waals surface area contributed by atoms with E-state index in [0.717, 1.165) is 17.3 Å². The highest BCUT2D eigenvalue weighted by Gasteiger charge is 2.42. The number of rotatable bonds is 7. The highest BCUT2D eigenvalue weighted by molar-refractivity contribution is 6.75. The monoisotopic (exact) mass is 356 g/mol. The van der Waals surface area contributed by atoms with Crippen molar-refractivity contribution < 1.29 is 26.4 Å². The van der Waals surface area contributed by atoms with Crippen LogP contribution in [0.25, 0.3) is 11.1 Å². The summed E-state index contributed by atoms with van der Waals surface area (Å²) in [6.45, 7) is 4.54. The second kappa shape index (κ2) is 7.93. The van der Waals surface area contributed by atoms with Crippen molar-refractivity contribution in [3.63, 3.8) is 0 Å².